The van der Waals surface area contributed by atoms with E-state index in [4.69, 9.17) is 4.74 Å². The zero-order valence-corrected chi connectivity index (χ0v) is 19.0. The summed E-state index contributed by atoms with van der Waals surface area (Å²) in [5.74, 6) is 0.526. The first kappa shape index (κ1) is 21.8. The molecule has 0 bridgehead atoms. The minimum absolute atomic E-state index is 0.0330. The highest BCUT2D eigenvalue weighted by Crippen LogP contribution is 2.39. The highest BCUT2D eigenvalue weighted by atomic mass is 32.2. The smallest absolute Gasteiger partial charge is 0.262 e. The Morgan fingerprint density at radius 3 is 2.68 bits per heavy atom. The van der Waals surface area contributed by atoms with E-state index in [-0.39, 0.29) is 36.0 Å². The normalized spacial score (nSPS) is 21.8. The number of nitrogens with one attached hydrogen (secondary N) is 2. The number of fused-ring (bicyclic) bond motifs is 1. The maximum atomic E-state index is 13.1. The van der Waals surface area contributed by atoms with Gasteiger partial charge in [-0.15, -0.1) is 11.3 Å². The van der Waals surface area contributed by atoms with Gasteiger partial charge in [0.05, 0.1) is 17.1 Å². The summed E-state index contributed by atoms with van der Waals surface area (Å²) in [6, 6.07) is 8.67. The molecule has 31 heavy (non-hydrogen) atoms. The first-order valence-corrected chi connectivity index (χ1v) is 13.1. The van der Waals surface area contributed by atoms with Crippen LogP contribution in [-0.4, -0.2) is 44.4 Å². The topological polar surface area (TPSA) is 102 Å². The molecule has 1 saturated heterocycles. The van der Waals surface area contributed by atoms with Crippen molar-refractivity contribution in [2.75, 3.05) is 23.4 Å². The maximum Gasteiger partial charge on any atom is 0.262 e. The Kier molecular flexibility index (Phi) is 6.34. The number of amides is 2. The van der Waals surface area contributed by atoms with Crippen LogP contribution in [0.2, 0.25) is 0 Å². The molecule has 9 heteroatoms. The zero-order valence-electron chi connectivity index (χ0n) is 17.3. The summed E-state index contributed by atoms with van der Waals surface area (Å²) in [6.07, 6.45) is 3.04. The van der Waals surface area contributed by atoms with Crippen molar-refractivity contribution < 1.29 is 22.7 Å². The van der Waals surface area contributed by atoms with Crippen molar-refractivity contribution >= 4 is 38.0 Å². The second kappa shape index (κ2) is 9.00. The molecular formula is C22H26N2O5S2. The van der Waals surface area contributed by atoms with E-state index < -0.39 is 9.84 Å². The second-order valence-electron chi connectivity index (χ2n) is 8.28. The van der Waals surface area contributed by atoms with E-state index in [9.17, 15) is 18.0 Å². The van der Waals surface area contributed by atoms with E-state index in [0.29, 0.717) is 28.7 Å². The van der Waals surface area contributed by atoms with E-state index in [1.165, 1.54) is 11.3 Å². The Labute approximate surface area is 186 Å². The van der Waals surface area contributed by atoms with Crippen molar-refractivity contribution in [1.29, 1.82) is 0 Å². The number of carbonyl (C=O) groups is 2. The number of para-hydroxylation sites is 1. The number of carbonyl (C=O) groups excluding carboxylic acids is 2. The average molecular weight is 463 g/mol. The first-order valence-electron chi connectivity index (χ1n) is 10.4. The molecule has 0 saturated carbocycles. The van der Waals surface area contributed by atoms with Gasteiger partial charge in [0.1, 0.15) is 10.8 Å². The predicted octanol–water partition coefficient (Wildman–Crippen LogP) is 2.81. The van der Waals surface area contributed by atoms with Crippen molar-refractivity contribution in [3.8, 4) is 5.75 Å². The number of sulfone groups is 1. The van der Waals surface area contributed by atoms with Crippen molar-refractivity contribution in [2.24, 2.45) is 5.92 Å². The van der Waals surface area contributed by atoms with Crippen LogP contribution in [0, 0.1) is 5.92 Å². The molecule has 2 N–H and O–H groups in total. The van der Waals surface area contributed by atoms with Crippen LogP contribution in [0.15, 0.2) is 30.3 Å². The maximum absolute atomic E-state index is 13.1. The van der Waals surface area contributed by atoms with Crippen LogP contribution in [0.25, 0.3) is 0 Å². The lowest BCUT2D eigenvalue weighted by atomic mass is 9.88. The summed E-state index contributed by atoms with van der Waals surface area (Å²) in [5, 5.41) is 6.24. The predicted molar refractivity (Wildman–Crippen MR) is 121 cm³/mol. The lowest BCUT2D eigenvalue weighted by Crippen LogP contribution is -2.36. The van der Waals surface area contributed by atoms with E-state index in [0.717, 1.165) is 29.7 Å². The van der Waals surface area contributed by atoms with Crippen LogP contribution in [0.3, 0.4) is 0 Å². The molecule has 2 aromatic rings. The fourth-order valence-corrected chi connectivity index (χ4v) is 7.17. The number of thiophene rings is 1. The molecule has 7 nitrogen and oxygen atoms in total. The van der Waals surface area contributed by atoms with Crippen molar-refractivity contribution in [3.63, 3.8) is 0 Å². The molecule has 2 heterocycles. The van der Waals surface area contributed by atoms with Crippen molar-refractivity contribution in [1.82, 2.24) is 5.32 Å². The molecule has 0 radical (unpaired) electrons. The summed E-state index contributed by atoms with van der Waals surface area (Å²) in [5.41, 5.74) is 1.45. The molecule has 1 aromatic heterocycles. The van der Waals surface area contributed by atoms with Crippen molar-refractivity contribution in [2.45, 2.75) is 38.6 Å². The van der Waals surface area contributed by atoms with Crippen LogP contribution in [-0.2, 0) is 27.5 Å². The lowest BCUT2D eigenvalue weighted by molar-refractivity contribution is -0.118. The third-order valence-corrected chi connectivity index (χ3v) is 8.61. The van der Waals surface area contributed by atoms with E-state index in [1.807, 2.05) is 18.2 Å². The molecule has 166 valence electrons. The van der Waals surface area contributed by atoms with Crippen molar-refractivity contribution in [3.05, 3.63) is 46.3 Å². The Bertz CT molecular complexity index is 1080. The lowest BCUT2D eigenvalue weighted by Gasteiger charge is -2.19. The highest BCUT2D eigenvalue weighted by molar-refractivity contribution is 7.91. The van der Waals surface area contributed by atoms with Gasteiger partial charge in [-0.25, -0.2) is 8.42 Å². The van der Waals surface area contributed by atoms with E-state index in [2.05, 4.69) is 17.6 Å². The molecule has 1 aliphatic carbocycles. The SMILES string of the molecule is C[C@@H]1CCc2c(sc(NC(=O)COc3ccccc3)c2C(=O)N[C@@H]2CCS(=O)(=O)C2)C1. The Hall–Kier alpha value is -2.39. The van der Waals surface area contributed by atoms with Gasteiger partial charge in [0, 0.05) is 10.9 Å². The fraction of sp³-hybridized carbons (Fsp3) is 0.455. The van der Waals surface area contributed by atoms with E-state index >= 15 is 0 Å². The third kappa shape index (κ3) is 5.27. The van der Waals surface area contributed by atoms with Gasteiger partial charge in [0.2, 0.25) is 0 Å². The quantitative estimate of drug-likeness (QED) is 0.687. The molecule has 2 amide bonds. The molecule has 1 aromatic carbocycles. The molecule has 0 spiro atoms. The fourth-order valence-electron chi connectivity index (χ4n) is 4.07. The number of anilines is 1. The summed E-state index contributed by atoms with van der Waals surface area (Å²) in [6.45, 7) is 2.02. The van der Waals surface area contributed by atoms with Crippen LogP contribution in [0.4, 0.5) is 5.00 Å². The van der Waals surface area contributed by atoms with Gasteiger partial charge in [0.25, 0.3) is 11.8 Å². The molecule has 4 rings (SSSR count). The van der Waals surface area contributed by atoms with Gasteiger partial charge in [-0.05, 0) is 49.3 Å². The van der Waals surface area contributed by atoms with Gasteiger partial charge >= 0.3 is 0 Å². The zero-order chi connectivity index (χ0) is 22.0. The van der Waals surface area contributed by atoms with Crippen LogP contribution in [0.5, 0.6) is 5.75 Å². The highest BCUT2D eigenvalue weighted by Gasteiger charge is 2.33. The van der Waals surface area contributed by atoms with Crippen LogP contribution in [0.1, 0.15) is 40.6 Å². The Morgan fingerprint density at radius 2 is 1.97 bits per heavy atom. The molecule has 1 fully saturated rings. The number of ether oxygens (including phenoxy) is 1. The van der Waals surface area contributed by atoms with E-state index in [1.54, 1.807) is 12.1 Å². The number of rotatable bonds is 6. The second-order valence-corrected chi connectivity index (χ2v) is 11.6. The van der Waals surface area contributed by atoms with Gasteiger partial charge < -0.3 is 15.4 Å². The number of benzene rings is 1. The Balaban J connectivity index is 1.51. The summed E-state index contributed by atoms with van der Waals surface area (Å²) in [7, 11) is -3.10. The summed E-state index contributed by atoms with van der Waals surface area (Å²) < 4.78 is 29.0. The minimum atomic E-state index is -3.10. The van der Waals surface area contributed by atoms with Gasteiger partial charge in [-0.2, -0.15) is 0 Å². The van der Waals surface area contributed by atoms with Gasteiger partial charge in [-0.3, -0.25) is 9.59 Å². The van der Waals surface area contributed by atoms with Gasteiger partial charge in [0.15, 0.2) is 16.4 Å². The number of hydrogen-bond acceptors (Lipinski definition) is 6. The van der Waals surface area contributed by atoms with Gasteiger partial charge in [-0.1, -0.05) is 25.1 Å². The third-order valence-electron chi connectivity index (χ3n) is 5.67. The molecule has 0 unspecified atom stereocenters. The van der Waals surface area contributed by atoms with Crippen LogP contribution < -0.4 is 15.4 Å². The minimum Gasteiger partial charge on any atom is -0.484 e. The molecule has 2 atom stereocenters. The Morgan fingerprint density at radius 1 is 1.19 bits per heavy atom. The first-order chi connectivity index (χ1) is 14.8. The number of hydrogen-bond donors (Lipinski definition) is 2. The summed E-state index contributed by atoms with van der Waals surface area (Å²) in [4.78, 5) is 26.8. The largest absolute Gasteiger partial charge is 0.484 e. The molecule has 1 aliphatic heterocycles. The molecule has 2 aliphatic rings. The summed E-state index contributed by atoms with van der Waals surface area (Å²) >= 11 is 1.44. The monoisotopic (exact) mass is 462 g/mol. The average Bonchev–Trinajstić information content (AvgIpc) is 3.25. The van der Waals surface area contributed by atoms with Crippen LogP contribution >= 0.6 is 11.3 Å². The molecular weight excluding hydrogens is 436 g/mol. The standard InChI is InChI=1S/C22H26N2O5S2/c1-14-7-8-17-18(11-14)30-22(24-19(25)12-29-16-5-3-2-4-6-16)20(17)21(26)23-15-9-10-31(27,28)13-15/h2-6,14-15H,7-13H2,1H3,(H,23,26)(H,24,25)/t14-,15-/m1/s1.